The third-order valence-electron chi connectivity index (χ3n) is 2.36. The number of carbonyl (C=O) groups excluding carboxylic acids is 1. The lowest BCUT2D eigenvalue weighted by Gasteiger charge is -2.12. The molecule has 1 aromatic rings. The van der Waals surface area contributed by atoms with Crippen molar-refractivity contribution in [2.24, 2.45) is 5.92 Å². The van der Waals surface area contributed by atoms with Gasteiger partial charge in [0.15, 0.2) is 0 Å². The highest BCUT2D eigenvalue weighted by Gasteiger charge is 2.12. The summed E-state index contributed by atoms with van der Waals surface area (Å²) in [6.07, 6.45) is 0. The van der Waals surface area contributed by atoms with E-state index >= 15 is 0 Å². The summed E-state index contributed by atoms with van der Waals surface area (Å²) in [5.74, 6) is 0.0354. The van der Waals surface area contributed by atoms with E-state index in [0.717, 1.165) is 11.3 Å². The molecule has 0 radical (unpaired) electrons. The van der Waals surface area contributed by atoms with Gasteiger partial charge < -0.3 is 10.6 Å². The summed E-state index contributed by atoms with van der Waals surface area (Å²) in [7, 11) is 1.84. The van der Waals surface area contributed by atoms with Crippen molar-refractivity contribution in [2.45, 2.75) is 13.8 Å². The summed E-state index contributed by atoms with van der Waals surface area (Å²) in [5.41, 5.74) is 1.98. The van der Waals surface area contributed by atoms with Crippen LogP contribution in [-0.2, 0) is 4.79 Å². The Morgan fingerprint density at radius 2 is 2.00 bits per heavy atom. The Hall–Kier alpha value is -1.06. The first-order valence-corrected chi connectivity index (χ1v) is 5.16. The van der Waals surface area contributed by atoms with E-state index in [9.17, 15) is 4.79 Å². The largest absolute Gasteiger partial charge is 0.326 e. The zero-order chi connectivity index (χ0) is 11.3. The topological polar surface area (TPSA) is 41.1 Å². The number of para-hydroxylation sites is 1. The molecule has 0 aliphatic heterocycles. The van der Waals surface area contributed by atoms with Crippen molar-refractivity contribution in [1.82, 2.24) is 5.32 Å². The number of amides is 1. The van der Waals surface area contributed by atoms with E-state index in [1.807, 2.05) is 45.2 Å². The second-order valence-electron chi connectivity index (χ2n) is 3.76. The highest BCUT2D eigenvalue weighted by atomic mass is 35.5. The van der Waals surface area contributed by atoms with Crippen molar-refractivity contribution in [3.8, 4) is 0 Å². The molecule has 0 saturated heterocycles. The molecule has 2 N–H and O–H groups in total. The molecule has 1 aromatic carbocycles. The number of aryl methyl sites for hydroxylation is 1. The van der Waals surface area contributed by atoms with Gasteiger partial charge in [-0.1, -0.05) is 25.1 Å². The predicted molar refractivity (Wildman–Crippen MR) is 70.1 cm³/mol. The van der Waals surface area contributed by atoms with Crippen molar-refractivity contribution >= 4 is 24.0 Å². The molecule has 1 amide bonds. The third kappa shape index (κ3) is 4.21. The van der Waals surface area contributed by atoms with Crippen LogP contribution < -0.4 is 10.6 Å². The highest BCUT2D eigenvalue weighted by Crippen LogP contribution is 2.14. The van der Waals surface area contributed by atoms with Gasteiger partial charge in [-0.15, -0.1) is 12.4 Å². The van der Waals surface area contributed by atoms with E-state index in [0.29, 0.717) is 6.54 Å². The fourth-order valence-corrected chi connectivity index (χ4v) is 1.37. The van der Waals surface area contributed by atoms with Crippen LogP contribution in [0.4, 0.5) is 5.69 Å². The van der Waals surface area contributed by atoms with E-state index < -0.39 is 0 Å². The fraction of sp³-hybridized carbons (Fsp3) is 0.417. The van der Waals surface area contributed by atoms with E-state index in [1.54, 1.807) is 0 Å². The number of carbonyl (C=O) groups is 1. The summed E-state index contributed by atoms with van der Waals surface area (Å²) in [4.78, 5) is 11.7. The molecule has 1 rings (SSSR count). The van der Waals surface area contributed by atoms with Crippen LogP contribution in [0.15, 0.2) is 24.3 Å². The second-order valence-corrected chi connectivity index (χ2v) is 3.76. The van der Waals surface area contributed by atoms with Gasteiger partial charge in [-0.3, -0.25) is 4.79 Å². The van der Waals surface area contributed by atoms with Crippen molar-refractivity contribution in [3.05, 3.63) is 29.8 Å². The number of anilines is 1. The average Bonchev–Trinajstić information content (AvgIpc) is 2.21. The molecule has 0 bridgehead atoms. The second kappa shape index (κ2) is 7.25. The SMILES string of the molecule is CNCC(C)C(=O)Nc1ccccc1C.Cl. The summed E-state index contributed by atoms with van der Waals surface area (Å²) in [5, 5.41) is 5.90. The van der Waals surface area contributed by atoms with Gasteiger partial charge in [-0.05, 0) is 25.6 Å². The Balaban J connectivity index is 0.00000225. The summed E-state index contributed by atoms with van der Waals surface area (Å²) in [6.45, 7) is 4.58. The minimum absolute atomic E-state index is 0. The molecule has 1 unspecified atom stereocenters. The Kier molecular flexibility index (Phi) is 6.77. The molecule has 3 nitrogen and oxygen atoms in total. The summed E-state index contributed by atoms with van der Waals surface area (Å²) >= 11 is 0. The third-order valence-corrected chi connectivity index (χ3v) is 2.36. The first kappa shape index (κ1) is 14.9. The Morgan fingerprint density at radius 1 is 1.38 bits per heavy atom. The average molecular weight is 243 g/mol. The standard InChI is InChI=1S/C12H18N2O.ClH/c1-9-6-4-5-7-11(9)14-12(15)10(2)8-13-3;/h4-7,10,13H,8H2,1-3H3,(H,14,15);1H. The minimum atomic E-state index is -0.0189. The van der Waals surface area contributed by atoms with Gasteiger partial charge in [0.1, 0.15) is 0 Å². The molecule has 0 aromatic heterocycles. The molecule has 16 heavy (non-hydrogen) atoms. The molecule has 0 spiro atoms. The van der Waals surface area contributed by atoms with Crippen LogP contribution in [0.5, 0.6) is 0 Å². The monoisotopic (exact) mass is 242 g/mol. The van der Waals surface area contributed by atoms with Crippen LogP contribution in [0.25, 0.3) is 0 Å². The maximum Gasteiger partial charge on any atom is 0.228 e. The van der Waals surface area contributed by atoms with E-state index in [-0.39, 0.29) is 24.2 Å². The smallest absolute Gasteiger partial charge is 0.228 e. The molecule has 90 valence electrons. The fourth-order valence-electron chi connectivity index (χ4n) is 1.37. The highest BCUT2D eigenvalue weighted by molar-refractivity contribution is 5.93. The number of benzene rings is 1. The van der Waals surface area contributed by atoms with Crippen molar-refractivity contribution in [1.29, 1.82) is 0 Å². The van der Waals surface area contributed by atoms with Crippen LogP contribution in [0, 0.1) is 12.8 Å². The van der Waals surface area contributed by atoms with Gasteiger partial charge in [-0.2, -0.15) is 0 Å². The summed E-state index contributed by atoms with van der Waals surface area (Å²) in [6, 6.07) is 7.78. The number of hydrogen-bond acceptors (Lipinski definition) is 2. The molecule has 0 aliphatic rings. The van der Waals surface area contributed by atoms with Gasteiger partial charge in [0.2, 0.25) is 5.91 Å². The molecular formula is C12H19ClN2O. The number of rotatable bonds is 4. The lowest BCUT2D eigenvalue weighted by Crippen LogP contribution is -2.28. The maximum absolute atomic E-state index is 11.7. The van der Waals surface area contributed by atoms with Crippen molar-refractivity contribution < 1.29 is 4.79 Å². The van der Waals surface area contributed by atoms with Crippen LogP contribution in [0.2, 0.25) is 0 Å². The lowest BCUT2D eigenvalue weighted by atomic mass is 10.1. The lowest BCUT2D eigenvalue weighted by molar-refractivity contribution is -0.119. The van der Waals surface area contributed by atoms with E-state index in [4.69, 9.17) is 0 Å². The number of nitrogens with one attached hydrogen (secondary N) is 2. The van der Waals surface area contributed by atoms with Crippen LogP contribution in [-0.4, -0.2) is 19.5 Å². The Labute approximate surface area is 103 Å². The summed E-state index contributed by atoms with van der Waals surface area (Å²) < 4.78 is 0. The first-order chi connectivity index (χ1) is 7.15. The van der Waals surface area contributed by atoms with Crippen LogP contribution >= 0.6 is 12.4 Å². The molecule has 0 heterocycles. The normalized spacial score (nSPS) is 11.4. The van der Waals surface area contributed by atoms with E-state index in [1.165, 1.54) is 0 Å². The molecule has 4 heteroatoms. The maximum atomic E-state index is 11.7. The quantitative estimate of drug-likeness (QED) is 0.850. The van der Waals surface area contributed by atoms with E-state index in [2.05, 4.69) is 10.6 Å². The molecular weight excluding hydrogens is 224 g/mol. The first-order valence-electron chi connectivity index (χ1n) is 5.16. The molecule has 0 fully saturated rings. The number of halogens is 1. The van der Waals surface area contributed by atoms with Gasteiger partial charge >= 0.3 is 0 Å². The molecule has 0 saturated carbocycles. The number of hydrogen-bond donors (Lipinski definition) is 2. The zero-order valence-electron chi connectivity index (χ0n) is 9.91. The van der Waals surface area contributed by atoms with Gasteiger partial charge in [0.05, 0.1) is 0 Å². The molecule has 1 atom stereocenters. The van der Waals surface area contributed by atoms with Crippen LogP contribution in [0.1, 0.15) is 12.5 Å². The van der Waals surface area contributed by atoms with Crippen molar-refractivity contribution in [2.75, 3.05) is 18.9 Å². The van der Waals surface area contributed by atoms with Gasteiger partial charge in [-0.25, -0.2) is 0 Å². The predicted octanol–water partition coefficient (Wildman–Crippen LogP) is 2.21. The van der Waals surface area contributed by atoms with Crippen LogP contribution in [0.3, 0.4) is 0 Å². The zero-order valence-corrected chi connectivity index (χ0v) is 10.7. The minimum Gasteiger partial charge on any atom is -0.326 e. The Morgan fingerprint density at radius 3 is 2.56 bits per heavy atom. The molecule has 0 aliphatic carbocycles. The van der Waals surface area contributed by atoms with Gasteiger partial charge in [0.25, 0.3) is 0 Å². The Bertz CT molecular complexity index is 342. The van der Waals surface area contributed by atoms with Crippen molar-refractivity contribution in [3.63, 3.8) is 0 Å². The van der Waals surface area contributed by atoms with Gasteiger partial charge in [0, 0.05) is 18.2 Å².